The van der Waals surface area contributed by atoms with Gasteiger partial charge in [-0.05, 0) is 77.8 Å². The van der Waals surface area contributed by atoms with Gasteiger partial charge in [0.1, 0.15) is 23.0 Å². The molecule has 0 saturated heterocycles. The summed E-state index contributed by atoms with van der Waals surface area (Å²) in [6.07, 6.45) is -3.83. The number of amides is 2. The van der Waals surface area contributed by atoms with Crippen molar-refractivity contribution in [1.29, 1.82) is 0 Å². The molecule has 1 aromatic carbocycles. The standard InChI is InChI=1S/C31H35F3N6O6/c1-17-11-13-40-22(16-35-23(40)14-17)26(41)37-21-15-20(9-8-18(21)2)25-38-24(46-39-25)10-12-30(7,31(32,33)34)44-27(42)19(3)36-28(43)45-29(4,5)6/h8-9,11,13-16,19H,10,12H2,1-7H3,(H,36,43)(H,37,41)/t19-,30?/m0/s1. The molecule has 0 fully saturated rings. The van der Waals surface area contributed by atoms with Crippen molar-refractivity contribution in [2.75, 3.05) is 5.32 Å². The number of alkyl carbamates (subject to hydrolysis) is 1. The lowest BCUT2D eigenvalue weighted by molar-refractivity contribution is -0.266. The Morgan fingerprint density at radius 2 is 1.76 bits per heavy atom. The third-order valence-corrected chi connectivity index (χ3v) is 6.94. The van der Waals surface area contributed by atoms with Gasteiger partial charge in [-0.15, -0.1) is 0 Å². The van der Waals surface area contributed by atoms with Crippen molar-refractivity contribution in [3.8, 4) is 11.4 Å². The maximum atomic E-state index is 14.1. The zero-order valence-electron chi connectivity index (χ0n) is 26.4. The molecular weight excluding hydrogens is 609 g/mol. The highest BCUT2D eigenvalue weighted by Gasteiger charge is 2.54. The number of pyridine rings is 1. The highest BCUT2D eigenvalue weighted by atomic mass is 19.4. The minimum atomic E-state index is -4.96. The maximum absolute atomic E-state index is 14.1. The highest BCUT2D eigenvalue weighted by molar-refractivity contribution is 6.04. The summed E-state index contributed by atoms with van der Waals surface area (Å²) in [6, 6.07) is 7.32. The summed E-state index contributed by atoms with van der Waals surface area (Å²) in [4.78, 5) is 46.1. The molecule has 15 heteroatoms. The Balaban J connectivity index is 1.44. The quantitative estimate of drug-likeness (QED) is 0.210. The summed E-state index contributed by atoms with van der Waals surface area (Å²) < 4.78 is 59.0. The van der Waals surface area contributed by atoms with Crippen molar-refractivity contribution in [3.05, 3.63) is 65.4 Å². The summed E-state index contributed by atoms with van der Waals surface area (Å²) in [5, 5.41) is 8.91. The number of aromatic nitrogens is 4. The fraction of sp³-hybridized carbons (Fsp3) is 0.419. The number of benzene rings is 1. The van der Waals surface area contributed by atoms with Crippen LogP contribution in [0.4, 0.5) is 23.7 Å². The number of aryl methyl sites for hydroxylation is 3. The average Bonchev–Trinajstić information content (AvgIpc) is 3.58. The number of anilines is 1. The summed E-state index contributed by atoms with van der Waals surface area (Å²) in [5.74, 6) is -1.75. The third-order valence-electron chi connectivity index (χ3n) is 6.94. The van der Waals surface area contributed by atoms with Crippen LogP contribution in [0, 0.1) is 13.8 Å². The van der Waals surface area contributed by atoms with Crippen LogP contribution in [-0.4, -0.2) is 60.9 Å². The Morgan fingerprint density at radius 1 is 1.04 bits per heavy atom. The van der Waals surface area contributed by atoms with E-state index in [0.717, 1.165) is 18.1 Å². The van der Waals surface area contributed by atoms with Crippen LogP contribution in [0.1, 0.15) is 68.5 Å². The zero-order valence-corrected chi connectivity index (χ0v) is 26.4. The summed E-state index contributed by atoms with van der Waals surface area (Å²) in [5.41, 5.74) is -0.217. The molecular formula is C31H35F3N6O6. The van der Waals surface area contributed by atoms with Gasteiger partial charge in [0.25, 0.3) is 5.91 Å². The van der Waals surface area contributed by atoms with Crippen LogP contribution in [-0.2, 0) is 20.7 Å². The highest BCUT2D eigenvalue weighted by Crippen LogP contribution is 2.37. The number of nitrogens with one attached hydrogen (secondary N) is 2. The predicted octanol–water partition coefficient (Wildman–Crippen LogP) is 5.96. The molecule has 12 nitrogen and oxygen atoms in total. The molecule has 0 aliphatic rings. The number of imidazole rings is 1. The first-order valence-corrected chi connectivity index (χ1v) is 14.3. The van der Waals surface area contributed by atoms with Gasteiger partial charge in [-0.2, -0.15) is 18.2 Å². The molecule has 3 aromatic heterocycles. The second-order valence-electron chi connectivity index (χ2n) is 12.1. The average molecular weight is 645 g/mol. The van der Waals surface area contributed by atoms with Gasteiger partial charge in [0.15, 0.2) is 0 Å². The van der Waals surface area contributed by atoms with Crippen LogP contribution in [0.25, 0.3) is 17.0 Å². The lowest BCUT2D eigenvalue weighted by Gasteiger charge is -2.32. The molecule has 246 valence electrons. The van der Waals surface area contributed by atoms with Gasteiger partial charge in [-0.25, -0.2) is 14.6 Å². The van der Waals surface area contributed by atoms with Crippen LogP contribution in [0.5, 0.6) is 0 Å². The number of hydrogen-bond acceptors (Lipinski definition) is 9. The number of rotatable bonds is 9. The van der Waals surface area contributed by atoms with Gasteiger partial charge in [-0.1, -0.05) is 17.3 Å². The van der Waals surface area contributed by atoms with Crippen LogP contribution in [0.3, 0.4) is 0 Å². The molecule has 46 heavy (non-hydrogen) atoms. The third kappa shape index (κ3) is 8.00. The van der Waals surface area contributed by atoms with Gasteiger partial charge in [0.05, 0.1) is 6.20 Å². The fourth-order valence-electron chi connectivity index (χ4n) is 4.26. The number of alkyl halides is 3. The molecule has 2 atom stereocenters. The van der Waals surface area contributed by atoms with Crippen molar-refractivity contribution >= 4 is 29.3 Å². The molecule has 0 aliphatic carbocycles. The van der Waals surface area contributed by atoms with E-state index in [9.17, 15) is 27.6 Å². The summed E-state index contributed by atoms with van der Waals surface area (Å²) in [7, 11) is 0. The van der Waals surface area contributed by atoms with E-state index in [1.807, 2.05) is 19.1 Å². The van der Waals surface area contributed by atoms with E-state index in [1.54, 1.807) is 56.5 Å². The SMILES string of the molecule is Cc1ccn2c(C(=O)Nc3cc(-c4noc(CCC(C)(OC(=O)[C@H](C)NC(=O)OC(C)(C)C)C(F)(F)F)n4)ccc3C)cnc2c1. The van der Waals surface area contributed by atoms with Gasteiger partial charge >= 0.3 is 18.2 Å². The molecule has 0 spiro atoms. The van der Waals surface area contributed by atoms with E-state index in [2.05, 4.69) is 25.8 Å². The first-order chi connectivity index (χ1) is 21.3. The molecule has 0 saturated carbocycles. The number of carbonyl (C=O) groups excluding carboxylic acids is 3. The van der Waals surface area contributed by atoms with Gasteiger partial charge < -0.3 is 24.6 Å². The number of carbonyl (C=O) groups is 3. The van der Waals surface area contributed by atoms with Crippen molar-refractivity contribution < 1.29 is 41.6 Å². The van der Waals surface area contributed by atoms with E-state index in [4.69, 9.17) is 14.0 Å². The molecule has 4 rings (SSSR count). The summed E-state index contributed by atoms with van der Waals surface area (Å²) in [6.45, 7) is 10.4. The fourth-order valence-corrected chi connectivity index (χ4v) is 4.26. The molecule has 4 aromatic rings. The van der Waals surface area contributed by atoms with E-state index in [0.29, 0.717) is 22.6 Å². The van der Waals surface area contributed by atoms with Crippen LogP contribution >= 0.6 is 0 Å². The largest absolute Gasteiger partial charge is 0.448 e. The number of hydrogen-bond donors (Lipinski definition) is 2. The molecule has 3 heterocycles. The molecule has 0 radical (unpaired) electrons. The van der Waals surface area contributed by atoms with Crippen molar-refractivity contribution in [2.24, 2.45) is 0 Å². The van der Waals surface area contributed by atoms with Gasteiger partial charge in [-0.3, -0.25) is 9.20 Å². The molecule has 2 N–H and O–H groups in total. The number of esters is 1. The van der Waals surface area contributed by atoms with E-state index >= 15 is 0 Å². The molecule has 0 aliphatic heterocycles. The van der Waals surface area contributed by atoms with Crippen molar-refractivity contribution in [2.45, 2.75) is 84.7 Å². The number of fused-ring (bicyclic) bond motifs is 1. The lowest BCUT2D eigenvalue weighted by atomic mass is 9.99. The Morgan fingerprint density at radius 3 is 2.43 bits per heavy atom. The Labute approximate surface area is 262 Å². The smallest absolute Gasteiger partial charge is 0.428 e. The maximum Gasteiger partial charge on any atom is 0.428 e. The number of ether oxygens (including phenoxy) is 2. The van der Waals surface area contributed by atoms with Crippen LogP contribution < -0.4 is 10.6 Å². The van der Waals surface area contributed by atoms with Crippen molar-refractivity contribution in [1.82, 2.24) is 24.8 Å². The normalized spacial score (nSPS) is 14.0. The molecule has 1 unspecified atom stereocenters. The first-order valence-electron chi connectivity index (χ1n) is 14.3. The molecule has 0 bridgehead atoms. The monoisotopic (exact) mass is 644 g/mol. The predicted molar refractivity (Wildman–Crippen MR) is 160 cm³/mol. The van der Waals surface area contributed by atoms with E-state index in [-0.39, 0.29) is 18.1 Å². The second-order valence-corrected chi connectivity index (χ2v) is 12.1. The number of nitrogens with zero attached hydrogens (tertiary/aromatic N) is 4. The van der Waals surface area contributed by atoms with Crippen molar-refractivity contribution in [3.63, 3.8) is 0 Å². The van der Waals surface area contributed by atoms with Crippen LogP contribution in [0.2, 0.25) is 0 Å². The van der Waals surface area contributed by atoms with E-state index < -0.39 is 47.8 Å². The van der Waals surface area contributed by atoms with Gasteiger partial charge in [0, 0.05) is 30.3 Å². The minimum absolute atomic E-state index is 0.0802. The Hall–Kier alpha value is -4.95. The Bertz CT molecular complexity index is 1760. The second kappa shape index (κ2) is 12.8. The first kappa shape index (κ1) is 33.9. The Kier molecular flexibility index (Phi) is 9.45. The number of halogens is 3. The summed E-state index contributed by atoms with van der Waals surface area (Å²) >= 11 is 0. The minimum Gasteiger partial charge on any atom is -0.448 e. The molecule has 2 amide bonds. The lowest BCUT2D eigenvalue weighted by Crippen LogP contribution is -2.51. The van der Waals surface area contributed by atoms with Crippen LogP contribution in [0.15, 0.2) is 47.2 Å². The topological polar surface area (TPSA) is 150 Å². The van der Waals surface area contributed by atoms with Gasteiger partial charge in [0.2, 0.25) is 17.3 Å². The zero-order chi connectivity index (χ0) is 34.0. The van der Waals surface area contributed by atoms with E-state index in [1.165, 1.54) is 13.1 Å².